The molecule has 0 radical (unpaired) electrons. The molecule has 1 aromatic carbocycles. The molecule has 1 atom stereocenters. The Morgan fingerprint density at radius 3 is 2.71 bits per heavy atom. The summed E-state index contributed by atoms with van der Waals surface area (Å²) in [5, 5.41) is 3.38. The molecular formula is C10H16Cl2N2. The van der Waals surface area contributed by atoms with Gasteiger partial charge >= 0.3 is 0 Å². The smallest absolute Gasteiger partial charge is 0.0388 e. The number of fused-ring (bicyclic) bond motifs is 1. The molecule has 0 aliphatic carbocycles. The van der Waals surface area contributed by atoms with E-state index in [0.29, 0.717) is 0 Å². The molecule has 0 bridgehead atoms. The van der Waals surface area contributed by atoms with E-state index in [1.54, 1.807) is 0 Å². The van der Waals surface area contributed by atoms with Crippen LogP contribution in [0.2, 0.25) is 0 Å². The first-order valence-electron chi connectivity index (χ1n) is 4.46. The monoisotopic (exact) mass is 234 g/mol. The second-order valence-corrected chi connectivity index (χ2v) is 3.26. The summed E-state index contributed by atoms with van der Waals surface area (Å²) in [6.45, 7) is 1.05. The molecule has 2 rings (SSSR count). The standard InChI is InChI=1S/C10H14N2.2ClH/c11-9-5-3-7-12-10-6-2-1-4-8(9)10;;/h1-2,4,6,9,12H,3,5,7,11H2;2*1H/t9-;;/m0../s1. The highest BCUT2D eigenvalue weighted by atomic mass is 35.5. The van der Waals surface area contributed by atoms with Crippen molar-refractivity contribution < 1.29 is 0 Å². The zero-order valence-corrected chi connectivity index (χ0v) is 9.53. The number of benzene rings is 1. The number of nitrogens with two attached hydrogens (primary N) is 1. The number of rotatable bonds is 0. The van der Waals surface area contributed by atoms with Crippen LogP contribution in [0.3, 0.4) is 0 Å². The average Bonchev–Trinajstić information content (AvgIpc) is 2.29. The Bertz CT molecular complexity index is 279. The first-order chi connectivity index (χ1) is 5.88. The summed E-state index contributed by atoms with van der Waals surface area (Å²) >= 11 is 0. The van der Waals surface area contributed by atoms with E-state index in [9.17, 15) is 0 Å². The fraction of sp³-hybridized carbons (Fsp3) is 0.400. The van der Waals surface area contributed by atoms with Crippen LogP contribution < -0.4 is 11.1 Å². The summed E-state index contributed by atoms with van der Waals surface area (Å²) < 4.78 is 0. The lowest BCUT2D eigenvalue weighted by atomic mass is 10.0. The minimum atomic E-state index is 0. The molecule has 0 saturated heterocycles. The average molecular weight is 235 g/mol. The summed E-state index contributed by atoms with van der Waals surface area (Å²) in [6, 6.07) is 8.52. The number of anilines is 1. The van der Waals surface area contributed by atoms with Crippen molar-refractivity contribution >= 4 is 30.5 Å². The molecule has 1 aliphatic heterocycles. The van der Waals surface area contributed by atoms with Gasteiger partial charge < -0.3 is 11.1 Å². The van der Waals surface area contributed by atoms with Gasteiger partial charge in [0.05, 0.1) is 0 Å². The van der Waals surface area contributed by atoms with Crippen LogP contribution in [-0.2, 0) is 0 Å². The van der Waals surface area contributed by atoms with Crippen LogP contribution in [0.4, 0.5) is 5.69 Å². The van der Waals surface area contributed by atoms with E-state index in [-0.39, 0.29) is 30.9 Å². The van der Waals surface area contributed by atoms with Crippen molar-refractivity contribution in [2.45, 2.75) is 18.9 Å². The third-order valence-corrected chi connectivity index (χ3v) is 2.37. The first kappa shape index (κ1) is 13.6. The number of hydrogen-bond acceptors (Lipinski definition) is 2. The molecule has 0 fully saturated rings. The van der Waals surface area contributed by atoms with Gasteiger partial charge in [-0.05, 0) is 24.5 Å². The molecule has 1 heterocycles. The third kappa shape index (κ3) is 2.77. The maximum absolute atomic E-state index is 6.01. The van der Waals surface area contributed by atoms with Crippen LogP contribution in [0, 0.1) is 0 Å². The zero-order chi connectivity index (χ0) is 8.39. The lowest BCUT2D eigenvalue weighted by Gasteiger charge is -2.11. The van der Waals surface area contributed by atoms with Crippen LogP contribution >= 0.6 is 24.8 Å². The van der Waals surface area contributed by atoms with E-state index in [0.717, 1.165) is 19.4 Å². The fourth-order valence-corrected chi connectivity index (χ4v) is 1.68. The van der Waals surface area contributed by atoms with Crippen molar-refractivity contribution in [3.63, 3.8) is 0 Å². The number of para-hydroxylation sites is 1. The Labute approximate surface area is 97.1 Å². The lowest BCUT2D eigenvalue weighted by molar-refractivity contribution is 0.642. The Morgan fingerprint density at radius 1 is 1.21 bits per heavy atom. The van der Waals surface area contributed by atoms with Gasteiger partial charge in [0.25, 0.3) is 0 Å². The number of hydrogen-bond donors (Lipinski definition) is 2. The van der Waals surface area contributed by atoms with Gasteiger partial charge in [-0.2, -0.15) is 0 Å². The van der Waals surface area contributed by atoms with Crippen molar-refractivity contribution in [3.8, 4) is 0 Å². The molecule has 0 aromatic heterocycles. The SMILES string of the molecule is Cl.Cl.N[C@H]1CCCNc2ccccc21. The van der Waals surface area contributed by atoms with E-state index in [2.05, 4.69) is 17.4 Å². The number of halogens is 2. The second kappa shape index (κ2) is 6.12. The summed E-state index contributed by atoms with van der Waals surface area (Å²) in [5.41, 5.74) is 8.48. The molecular weight excluding hydrogens is 219 g/mol. The highest BCUT2D eigenvalue weighted by Crippen LogP contribution is 2.26. The summed E-state index contributed by atoms with van der Waals surface area (Å²) in [7, 11) is 0. The van der Waals surface area contributed by atoms with Gasteiger partial charge in [0.2, 0.25) is 0 Å². The van der Waals surface area contributed by atoms with E-state index in [1.807, 2.05) is 12.1 Å². The molecule has 4 heteroatoms. The predicted octanol–water partition coefficient (Wildman–Crippen LogP) is 2.74. The van der Waals surface area contributed by atoms with Crippen molar-refractivity contribution in [2.24, 2.45) is 5.73 Å². The Balaban J connectivity index is 0.000000845. The quantitative estimate of drug-likeness (QED) is 0.725. The lowest BCUT2D eigenvalue weighted by Crippen LogP contribution is -2.08. The van der Waals surface area contributed by atoms with Gasteiger partial charge in [-0.3, -0.25) is 0 Å². The maximum atomic E-state index is 6.01. The molecule has 1 aliphatic rings. The summed E-state index contributed by atoms with van der Waals surface area (Å²) in [5.74, 6) is 0. The Hall–Kier alpha value is -0.440. The van der Waals surface area contributed by atoms with E-state index in [1.165, 1.54) is 11.3 Å². The number of nitrogens with one attached hydrogen (secondary N) is 1. The van der Waals surface area contributed by atoms with Crippen LogP contribution in [0.25, 0.3) is 0 Å². The Morgan fingerprint density at radius 2 is 1.93 bits per heavy atom. The largest absolute Gasteiger partial charge is 0.385 e. The molecule has 0 saturated carbocycles. The van der Waals surface area contributed by atoms with E-state index >= 15 is 0 Å². The molecule has 0 spiro atoms. The van der Waals surface area contributed by atoms with Gasteiger partial charge in [-0.15, -0.1) is 24.8 Å². The molecule has 80 valence electrons. The van der Waals surface area contributed by atoms with Crippen LogP contribution in [0.15, 0.2) is 24.3 Å². The fourth-order valence-electron chi connectivity index (χ4n) is 1.68. The molecule has 2 nitrogen and oxygen atoms in total. The van der Waals surface area contributed by atoms with E-state index in [4.69, 9.17) is 5.73 Å². The van der Waals surface area contributed by atoms with E-state index < -0.39 is 0 Å². The highest BCUT2D eigenvalue weighted by Gasteiger charge is 2.12. The second-order valence-electron chi connectivity index (χ2n) is 3.26. The summed E-state index contributed by atoms with van der Waals surface area (Å²) in [6.07, 6.45) is 2.25. The van der Waals surface area contributed by atoms with Crippen LogP contribution in [0.5, 0.6) is 0 Å². The van der Waals surface area contributed by atoms with Crippen LogP contribution in [0.1, 0.15) is 24.4 Å². The zero-order valence-electron chi connectivity index (χ0n) is 7.90. The minimum Gasteiger partial charge on any atom is -0.385 e. The van der Waals surface area contributed by atoms with Crippen molar-refractivity contribution in [1.29, 1.82) is 0 Å². The van der Waals surface area contributed by atoms with Crippen LogP contribution in [-0.4, -0.2) is 6.54 Å². The maximum Gasteiger partial charge on any atom is 0.0388 e. The van der Waals surface area contributed by atoms with Gasteiger partial charge in [0.1, 0.15) is 0 Å². The van der Waals surface area contributed by atoms with Gasteiger partial charge in [-0.1, -0.05) is 18.2 Å². The topological polar surface area (TPSA) is 38.0 Å². The summed E-state index contributed by atoms with van der Waals surface area (Å²) in [4.78, 5) is 0. The normalized spacial score (nSPS) is 19.1. The van der Waals surface area contributed by atoms with Gasteiger partial charge in [0, 0.05) is 18.3 Å². The third-order valence-electron chi connectivity index (χ3n) is 2.37. The first-order valence-corrected chi connectivity index (χ1v) is 4.46. The molecule has 14 heavy (non-hydrogen) atoms. The Kier molecular flexibility index (Phi) is 5.93. The van der Waals surface area contributed by atoms with Gasteiger partial charge in [-0.25, -0.2) is 0 Å². The van der Waals surface area contributed by atoms with Crippen molar-refractivity contribution in [2.75, 3.05) is 11.9 Å². The molecule has 3 N–H and O–H groups in total. The molecule has 0 amide bonds. The predicted molar refractivity (Wildman–Crippen MR) is 65.6 cm³/mol. The minimum absolute atomic E-state index is 0. The highest BCUT2D eigenvalue weighted by molar-refractivity contribution is 5.85. The van der Waals surface area contributed by atoms with Crippen molar-refractivity contribution in [3.05, 3.63) is 29.8 Å². The molecule has 1 aromatic rings. The molecule has 0 unspecified atom stereocenters. The van der Waals surface area contributed by atoms with Crippen molar-refractivity contribution in [1.82, 2.24) is 0 Å². The van der Waals surface area contributed by atoms with Gasteiger partial charge in [0.15, 0.2) is 0 Å².